The second kappa shape index (κ2) is 6.05. The van der Waals surface area contributed by atoms with Crippen LogP contribution in [0.2, 0.25) is 5.02 Å². The molecule has 0 unspecified atom stereocenters. The summed E-state index contributed by atoms with van der Waals surface area (Å²) in [7, 11) is -4.16. The monoisotopic (exact) mass is 363 g/mol. The van der Waals surface area contributed by atoms with E-state index in [-0.39, 0.29) is 0 Å². The van der Waals surface area contributed by atoms with E-state index in [9.17, 15) is 21.6 Å². The first kappa shape index (κ1) is 17.6. The highest BCUT2D eigenvalue weighted by Crippen LogP contribution is 2.36. The minimum atomic E-state index is -4.73. The summed E-state index contributed by atoms with van der Waals surface area (Å²) in [6, 6.07) is 7.50. The molecule has 1 N–H and O–H groups in total. The maximum atomic E-state index is 12.9. The molecule has 2 rings (SSSR count). The van der Waals surface area contributed by atoms with Gasteiger partial charge < -0.3 is 0 Å². The Labute approximate surface area is 137 Å². The lowest BCUT2D eigenvalue weighted by atomic mass is 10.1. The summed E-state index contributed by atoms with van der Waals surface area (Å²) in [6.07, 6.45) is -4.73. The fraction of sp³-hybridized carbons (Fsp3) is 0.200. The molecule has 0 atom stereocenters. The molecule has 0 radical (unpaired) electrons. The summed E-state index contributed by atoms with van der Waals surface area (Å²) >= 11 is 5.50. The van der Waals surface area contributed by atoms with E-state index in [4.69, 9.17) is 11.6 Å². The van der Waals surface area contributed by atoms with Crippen molar-refractivity contribution in [3.05, 3.63) is 58.1 Å². The van der Waals surface area contributed by atoms with Crippen molar-refractivity contribution >= 4 is 27.3 Å². The van der Waals surface area contributed by atoms with Crippen LogP contribution >= 0.6 is 11.6 Å². The summed E-state index contributed by atoms with van der Waals surface area (Å²) in [4.78, 5) is -0.505. The molecule has 0 fully saturated rings. The lowest BCUT2D eigenvalue weighted by Crippen LogP contribution is -2.15. The van der Waals surface area contributed by atoms with Gasteiger partial charge in [-0.1, -0.05) is 29.3 Å². The standard InChI is InChI=1S/C15H13ClF3NO2S/c1-9-3-6-14(10(2)7-9)20-23(21,22)11-4-5-13(16)12(8-11)15(17,18)19/h3-8,20H,1-2H3. The van der Waals surface area contributed by atoms with E-state index in [0.29, 0.717) is 17.3 Å². The molecule has 0 saturated heterocycles. The van der Waals surface area contributed by atoms with Crippen molar-refractivity contribution < 1.29 is 21.6 Å². The molecule has 0 saturated carbocycles. The van der Waals surface area contributed by atoms with Crippen molar-refractivity contribution in [3.63, 3.8) is 0 Å². The van der Waals surface area contributed by atoms with Crippen molar-refractivity contribution in [1.29, 1.82) is 0 Å². The SMILES string of the molecule is Cc1ccc(NS(=O)(=O)c2ccc(Cl)c(C(F)(F)F)c2)c(C)c1. The topological polar surface area (TPSA) is 46.2 Å². The number of nitrogens with one attached hydrogen (secondary N) is 1. The number of aryl methyl sites for hydroxylation is 2. The molecular weight excluding hydrogens is 351 g/mol. The van der Waals surface area contributed by atoms with E-state index < -0.39 is 31.7 Å². The minimum absolute atomic E-state index is 0.305. The normalized spacial score (nSPS) is 12.3. The van der Waals surface area contributed by atoms with E-state index in [1.54, 1.807) is 25.1 Å². The van der Waals surface area contributed by atoms with E-state index >= 15 is 0 Å². The summed E-state index contributed by atoms with van der Waals surface area (Å²) in [5, 5.41) is -0.553. The first-order chi connectivity index (χ1) is 10.5. The largest absolute Gasteiger partial charge is 0.417 e. The van der Waals surface area contributed by atoms with E-state index in [1.807, 2.05) is 6.92 Å². The van der Waals surface area contributed by atoms with E-state index in [1.165, 1.54) is 0 Å². The number of alkyl halides is 3. The average molecular weight is 364 g/mol. The second-order valence-corrected chi connectivity index (χ2v) is 7.15. The molecule has 0 heterocycles. The number of halogens is 4. The van der Waals surface area contributed by atoms with E-state index in [0.717, 1.165) is 17.7 Å². The average Bonchev–Trinajstić information content (AvgIpc) is 2.41. The Balaban J connectivity index is 2.44. The van der Waals surface area contributed by atoms with Crippen LogP contribution in [-0.4, -0.2) is 8.42 Å². The van der Waals surface area contributed by atoms with Crippen LogP contribution in [0.4, 0.5) is 18.9 Å². The van der Waals surface area contributed by atoms with Crippen LogP contribution in [0.1, 0.15) is 16.7 Å². The summed E-state index contributed by atoms with van der Waals surface area (Å²) in [5.74, 6) is 0. The lowest BCUT2D eigenvalue weighted by molar-refractivity contribution is -0.137. The molecule has 2 aromatic carbocycles. The molecule has 3 nitrogen and oxygen atoms in total. The van der Waals surface area contributed by atoms with Gasteiger partial charge in [0.2, 0.25) is 0 Å². The molecule has 0 amide bonds. The highest BCUT2D eigenvalue weighted by atomic mass is 35.5. The number of sulfonamides is 1. The molecule has 0 aliphatic rings. The quantitative estimate of drug-likeness (QED) is 0.853. The van der Waals surface area contributed by atoms with Gasteiger partial charge in [-0.2, -0.15) is 13.2 Å². The number of rotatable bonds is 3. The zero-order valence-corrected chi connectivity index (χ0v) is 13.8. The minimum Gasteiger partial charge on any atom is -0.279 e. The highest BCUT2D eigenvalue weighted by Gasteiger charge is 2.34. The van der Waals surface area contributed by atoms with Crippen molar-refractivity contribution in [2.24, 2.45) is 0 Å². The molecule has 8 heteroatoms. The number of hydrogen-bond donors (Lipinski definition) is 1. The van der Waals surface area contributed by atoms with Crippen LogP contribution in [0, 0.1) is 13.8 Å². The lowest BCUT2D eigenvalue weighted by Gasteiger charge is -2.14. The van der Waals surface area contributed by atoms with Crippen molar-refractivity contribution in [3.8, 4) is 0 Å². The summed E-state index contributed by atoms with van der Waals surface area (Å²) in [5.41, 5.74) is 0.719. The van der Waals surface area contributed by atoms with Gasteiger partial charge in [0.25, 0.3) is 10.0 Å². The van der Waals surface area contributed by atoms with Gasteiger partial charge in [-0.05, 0) is 43.7 Å². The predicted octanol–water partition coefficient (Wildman–Crippen LogP) is 4.78. The third kappa shape index (κ3) is 3.97. The highest BCUT2D eigenvalue weighted by molar-refractivity contribution is 7.92. The van der Waals surface area contributed by atoms with E-state index in [2.05, 4.69) is 4.72 Å². The van der Waals surface area contributed by atoms with Crippen LogP contribution in [0.15, 0.2) is 41.3 Å². The fourth-order valence-corrected chi connectivity index (χ4v) is 3.40. The third-order valence-corrected chi connectivity index (χ3v) is 4.87. The van der Waals surface area contributed by atoms with Gasteiger partial charge in [-0.25, -0.2) is 8.42 Å². The van der Waals surface area contributed by atoms with Crippen LogP contribution in [0.5, 0.6) is 0 Å². The van der Waals surface area contributed by atoms with Crippen LogP contribution < -0.4 is 4.72 Å². The maximum absolute atomic E-state index is 12.9. The van der Waals surface area contributed by atoms with Crippen molar-refractivity contribution in [1.82, 2.24) is 0 Å². The molecule has 23 heavy (non-hydrogen) atoms. The molecule has 0 aromatic heterocycles. The van der Waals surface area contributed by atoms with Crippen molar-refractivity contribution in [2.45, 2.75) is 24.9 Å². The van der Waals surface area contributed by atoms with Gasteiger partial charge in [-0.3, -0.25) is 4.72 Å². The molecule has 2 aromatic rings. The van der Waals surface area contributed by atoms with Gasteiger partial charge >= 0.3 is 6.18 Å². The van der Waals surface area contributed by atoms with Gasteiger partial charge in [0.1, 0.15) is 0 Å². The molecule has 0 bridgehead atoms. The molecule has 0 aliphatic carbocycles. The smallest absolute Gasteiger partial charge is 0.279 e. The summed E-state index contributed by atoms with van der Waals surface area (Å²) in [6.45, 7) is 3.55. The Morgan fingerprint density at radius 2 is 1.70 bits per heavy atom. The first-order valence-corrected chi connectivity index (χ1v) is 8.33. The molecule has 0 spiro atoms. The Kier molecular flexibility index (Phi) is 4.64. The van der Waals surface area contributed by atoms with Crippen molar-refractivity contribution in [2.75, 3.05) is 4.72 Å². The van der Waals surface area contributed by atoms with Gasteiger partial charge in [0.15, 0.2) is 0 Å². The first-order valence-electron chi connectivity index (χ1n) is 6.47. The van der Waals surface area contributed by atoms with Crippen LogP contribution in [0.25, 0.3) is 0 Å². The van der Waals surface area contributed by atoms with Crippen LogP contribution in [-0.2, 0) is 16.2 Å². The zero-order chi connectivity index (χ0) is 17.4. The Morgan fingerprint density at radius 1 is 1.04 bits per heavy atom. The maximum Gasteiger partial charge on any atom is 0.417 e. The molecular formula is C15H13ClF3NO2S. The van der Waals surface area contributed by atoms with Gasteiger partial charge in [-0.15, -0.1) is 0 Å². The Bertz CT molecular complexity index is 848. The van der Waals surface area contributed by atoms with Gasteiger partial charge in [0, 0.05) is 0 Å². The Morgan fingerprint density at radius 3 is 2.26 bits per heavy atom. The zero-order valence-electron chi connectivity index (χ0n) is 12.2. The number of hydrogen-bond acceptors (Lipinski definition) is 2. The summed E-state index contributed by atoms with van der Waals surface area (Å²) < 4.78 is 65.5. The van der Waals surface area contributed by atoms with Crippen LogP contribution in [0.3, 0.4) is 0 Å². The fourth-order valence-electron chi connectivity index (χ4n) is 2.02. The molecule has 0 aliphatic heterocycles. The number of benzene rings is 2. The predicted molar refractivity (Wildman–Crippen MR) is 83.2 cm³/mol. The molecule has 124 valence electrons. The number of anilines is 1. The van der Waals surface area contributed by atoms with Gasteiger partial charge in [0.05, 0.1) is 21.2 Å². The Hall–Kier alpha value is -1.73. The third-order valence-electron chi connectivity index (χ3n) is 3.18. The second-order valence-electron chi connectivity index (χ2n) is 5.06.